The minimum atomic E-state index is -0.773. The number of nitrogens with one attached hydrogen (secondary N) is 2. The Balaban J connectivity index is 1.62. The van der Waals surface area contributed by atoms with Gasteiger partial charge >= 0.3 is 0 Å². The predicted molar refractivity (Wildman–Crippen MR) is 119 cm³/mol. The molecule has 1 aliphatic heterocycles. The van der Waals surface area contributed by atoms with Crippen molar-refractivity contribution in [3.05, 3.63) is 54.2 Å². The van der Waals surface area contributed by atoms with Gasteiger partial charge in [-0.2, -0.15) is 5.10 Å². The van der Waals surface area contributed by atoms with Crippen LogP contribution in [0.1, 0.15) is 18.2 Å². The van der Waals surface area contributed by atoms with E-state index >= 15 is 0 Å². The van der Waals surface area contributed by atoms with Gasteiger partial charge in [-0.05, 0) is 29.8 Å². The maximum atomic E-state index is 12.7. The molecule has 0 saturated heterocycles. The van der Waals surface area contributed by atoms with Crippen LogP contribution in [0.2, 0.25) is 0 Å². The van der Waals surface area contributed by atoms with Gasteiger partial charge in [-0.25, -0.2) is 4.68 Å². The van der Waals surface area contributed by atoms with Crippen LogP contribution in [-0.4, -0.2) is 42.9 Å². The molecule has 0 fully saturated rings. The van der Waals surface area contributed by atoms with E-state index in [1.165, 1.54) is 0 Å². The molecule has 1 unspecified atom stereocenters. The summed E-state index contributed by atoms with van der Waals surface area (Å²) in [5.74, 6) is 1.25. The SMILES string of the molecule is COCc1nn2c(c1-c1cccc(OC)c1)NC(=O)C2CC(=O)Nc1cccc(OC)c1. The first kappa shape index (κ1) is 21.4. The van der Waals surface area contributed by atoms with Crippen LogP contribution in [-0.2, 0) is 20.9 Å². The summed E-state index contributed by atoms with van der Waals surface area (Å²) in [6.07, 6.45) is -0.0678. The predicted octanol–water partition coefficient (Wildman–Crippen LogP) is 3.24. The molecule has 2 heterocycles. The zero-order valence-corrected chi connectivity index (χ0v) is 18.0. The summed E-state index contributed by atoms with van der Waals surface area (Å²) < 4.78 is 17.4. The molecule has 9 heteroatoms. The molecule has 2 amide bonds. The Morgan fingerprint density at radius 3 is 2.53 bits per heavy atom. The maximum absolute atomic E-state index is 12.7. The van der Waals surface area contributed by atoms with Gasteiger partial charge in [-0.1, -0.05) is 18.2 Å². The number of aromatic nitrogens is 2. The van der Waals surface area contributed by atoms with Gasteiger partial charge in [0.25, 0.3) is 5.91 Å². The van der Waals surface area contributed by atoms with Crippen molar-refractivity contribution in [2.45, 2.75) is 19.1 Å². The summed E-state index contributed by atoms with van der Waals surface area (Å²) in [5, 5.41) is 10.3. The molecule has 0 saturated carbocycles. The van der Waals surface area contributed by atoms with Gasteiger partial charge in [-0.3, -0.25) is 9.59 Å². The second kappa shape index (κ2) is 9.11. The number of amides is 2. The topological polar surface area (TPSA) is 104 Å². The fraction of sp³-hybridized carbons (Fsp3) is 0.261. The highest BCUT2D eigenvalue weighted by molar-refractivity contribution is 6.04. The second-order valence-corrected chi connectivity index (χ2v) is 7.27. The lowest BCUT2D eigenvalue weighted by Gasteiger charge is -2.11. The molecule has 4 rings (SSSR count). The van der Waals surface area contributed by atoms with E-state index in [4.69, 9.17) is 14.2 Å². The third-order valence-corrected chi connectivity index (χ3v) is 5.19. The summed E-state index contributed by atoms with van der Waals surface area (Å²) in [5.41, 5.74) is 2.83. The van der Waals surface area contributed by atoms with E-state index in [-0.39, 0.29) is 24.8 Å². The average molecular weight is 436 g/mol. The van der Waals surface area contributed by atoms with Crippen LogP contribution in [0.3, 0.4) is 0 Å². The van der Waals surface area contributed by atoms with Crippen molar-refractivity contribution >= 4 is 23.3 Å². The molecule has 2 N–H and O–H groups in total. The van der Waals surface area contributed by atoms with Crippen LogP contribution in [0.25, 0.3) is 11.1 Å². The Bertz CT molecular complexity index is 1160. The number of carbonyl (C=O) groups is 2. The lowest BCUT2D eigenvalue weighted by atomic mass is 10.1. The first-order chi connectivity index (χ1) is 15.5. The summed E-state index contributed by atoms with van der Waals surface area (Å²) in [6, 6.07) is 13.7. The number of ether oxygens (including phenoxy) is 3. The third kappa shape index (κ3) is 4.15. The molecule has 166 valence electrons. The van der Waals surface area contributed by atoms with E-state index in [0.29, 0.717) is 28.7 Å². The van der Waals surface area contributed by atoms with Crippen molar-refractivity contribution < 1.29 is 23.8 Å². The number of anilines is 2. The van der Waals surface area contributed by atoms with Gasteiger partial charge in [0.2, 0.25) is 5.91 Å². The molecule has 0 aliphatic carbocycles. The minimum absolute atomic E-state index is 0.0678. The lowest BCUT2D eigenvalue weighted by Crippen LogP contribution is -2.24. The molecule has 1 atom stereocenters. The lowest BCUT2D eigenvalue weighted by molar-refractivity contribution is -0.123. The van der Waals surface area contributed by atoms with Crippen molar-refractivity contribution in [1.82, 2.24) is 9.78 Å². The van der Waals surface area contributed by atoms with Gasteiger partial charge in [0, 0.05) is 18.9 Å². The molecule has 0 bridgehead atoms. The number of carbonyl (C=O) groups excluding carboxylic acids is 2. The highest BCUT2D eigenvalue weighted by atomic mass is 16.5. The number of nitrogens with zero attached hydrogens (tertiary/aromatic N) is 2. The zero-order chi connectivity index (χ0) is 22.7. The molecular weight excluding hydrogens is 412 g/mol. The minimum Gasteiger partial charge on any atom is -0.497 e. The monoisotopic (exact) mass is 436 g/mol. The Morgan fingerprint density at radius 2 is 1.81 bits per heavy atom. The van der Waals surface area contributed by atoms with E-state index in [1.54, 1.807) is 50.3 Å². The van der Waals surface area contributed by atoms with E-state index in [0.717, 1.165) is 11.1 Å². The smallest absolute Gasteiger partial charge is 0.251 e. The molecule has 1 aromatic heterocycles. The quantitative estimate of drug-likeness (QED) is 0.562. The van der Waals surface area contributed by atoms with Crippen molar-refractivity contribution in [1.29, 1.82) is 0 Å². The molecule has 32 heavy (non-hydrogen) atoms. The number of fused-ring (bicyclic) bond motifs is 1. The van der Waals surface area contributed by atoms with Crippen molar-refractivity contribution in [3.8, 4) is 22.6 Å². The third-order valence-electron chi connectivity index (χ3n) is 5.19. The number of hydrogen-bond donors (Lipinski definition) is 2. The normalized spacial score (nSPS) is 14.6. The van der Waals surface area contributed by atoms with Crippen LogP contribution in [0.15, 0.2) is 48.5 Å². The highest BCUT2D eigenvalue weighted by Crippen LogP contribution is 2.39. The summed E-state index contributed by atoms with van der Waals surface area (Å²) >= 11 is 0. The molecule has 9 nitrogen and oxygen atoms in total. The van der Waals surface area contributed by atoms with Gasteiger partial charge in [-0.15, -0.1) is 0 Å². The Kier molecular flexibility index (Phi) is 6.09. The van der Waals surface area contributed by atoms with Crippen molar-refractivity contribution in [2.24, 2.45) is 0 Å². The van der Waals surface area contributed by atoms with Crippen molar-refractivity contribution in [2.75, 3.05) is 32.0 Å². The van der Waals surface area contributed by atoms with Crippen molar-refractivity contribution in [3.63, 3.8) is 0 Å². The second-order valence-electron chi connectivity index (χ2n) is 7.27. The summed E-state index contributed by atoms with van der Waals surface area (Å²) in [4.78, 5) is 25.4. The Labute approximate surface area is 185 Å². The Hall–Kier alpha value is -3.85. The van der Waals surface area contributed by atoms with E-state index < -0.39 is 6.04 Å². The molecule has 0 spiro atoms. The molecule has 0 radical (unpaired) electrons. The van der Waals surface area contributed by atoms with Crippen LogP contribution >= 0.6 is 0 Å². The van der Waals surface area contributed by atoms with Gasteiger partial charge in [0.1, 0.15) is 23.4 Å². The molecule has 1 aliphatic rings. The van der Waals surface area contributed by atoms with Crippen LogP contribution in [0.4, 0.5) is 11.5 Å². The number of benzene rings is 2. The van der Waals surface area contributed by atoms with E-state index in [1.807, 2.05) is 24.3 Å². The zero-order valence-electron chi connectivity index (χ0n) is 18.0. The standard InChI is InChI=1S/C23H24N4O5/c1-30-13-18-21(14-6-4-8-16(10-14)31-2)22-25-23(29)19(27(22)26-18)12-20(28)24-15-7-5-9-17(11-15)32-3/h4-11,19H,12-13H2,1-3H3,(H,24,28)(H,25,29). The molecule has 2 aromatic carbocycles. The average Bonchev–Trinajstić information content (AvgIpc) is 3.29. The fourth-order valence-corrected chi connectivity index (χ4v) is 3.72. The number of rotatable bonds is 8. The first-order valence-electron chi connectivity index (χ1n) is 10.0. The summed E-state index contributed by atoms with van der Waals surface area (Å²) in [6.45, 7) is 0.255. The molecular formula is C23H24N4O5. The van der Waals surface area contributed by atoms with Crippen LogP contribution in [0.5, 0.6) is 11.5 Å². The summed E-state index contributed by atoms with van der Waals surface area (Å²) in [7, 11) is 4.73. The maximum Gasteiger partial charge on any atom is 0.251 e. The fourth-order valence-electron chi connectivity index (χ4n) is 3.72. The molecule has 3 aromatic rings. The Morgan fingerprint density at radius 1 is 1.09 bits per heavy atom. The van der Waals surface area contributed by atoms with Gasteiger partial charge < -0.3 is 24.8 Å². The van der Waals surface area contributed by atoms with Gasteiger partial charge in [0.05, 0.1) is 38.5 Å². The van der Waals surface area contributed by atoms with E-state index in [9.17, 15) is 9.59 Å². The number of methoxy groups -OCH3 is 3. The number of hydrogen-bond acceptors (Lipinski definition) is 6. The van der Waals surface area contributed by atoms with Crippen LogP contribution < -0.4 is 20.1 Å². The first-order valence-corrected chi connectivity index (χ1v) is 10.0. The van der Waals surface area contributed by atoms with Crippen LogP contribution in [0, 0.1) is 0 Å². The largest absolute Gasteiger partial charge is 0.497 e. The highest BCUT2D eigenvalue weighted by Gasteiger charge is 2.37. The van der Waals surface area contributed by atoms with E-state index in [2.05, 4.69) is 15.7 Å². The van der Waals surface area contributed by atoms with Gasteiger partial charge in [0.15, 0.2) is 0 Å².